The molecule has 0 saturated carbocycles. The highest BCUT2D eigenvalue weighted by atomic mass is 19.4. The zero-order valence-electron chi connectivity index (χ0n) is 13.2. The van der Waals surface area contributed by atoms with Crippen molar-refractivity contribution >= 4 is 17.7 Å². The molecular weight excluding hydrogens is 325 g/mol. The van der Waals surface area contributed by atoms with Gasteiger partial charge in [0.2, 0.25) is 0 Å². The third-order valence-electron chi connectivity index (χ3n) is 3.77. The molecule has 1 heterocycles. The van der Waals surface area contributed by atoms with Gasteiger partial charge in [-0.3, -0.25) is 4.79 Å². The number of hydrogen-bond donors (Lipinski definition) is 1. The second kappa shape index (κ2) is 7.55. The van der Waals surface area contributed by atoms with E-state index >= 15 is 0 Å². The number of piperidine rings is 1. The van der Waals surface area contributed by atoms with Gasteiger partial charge < -0.3 is 15.0 Å². The van der Waals surface area contributed by atoms with E-state index in [4.69, 9.17) is 4.74 Å². The van der Waals surface area contributed by atoms with Gasteiger partial charge in [-0.2, -0.15) is 13.2 Å². The lowest BCUT2D eigenvalue weighted by Gasteiger charge is -2.31. The number of halogens is 3. The molecule has 0 radical (unpaired) electrons. The van der Waals surface area contributed by atoms with Crippen molar-refractivity contribution in [1.82, 2.24) is 4.90 Å². The molecule has 1 fully saturated rings. The topological polar surface area (TPSA) is 58.6 Å². The maximum Gasteiger partial charge on any atom is 0.416 e. The Bertz CT molecular complexity index is 604. The quantitative estimate of drug-likeness (QED) is 0.854. The Balaban J connectivity index is 2.00. The number of esters is 1. The molecule has 1 N–H and O–H groups in total. The van der Waals surface area contributed by atoms with Crippen LogP contribution in [0.4, 0.5) is 23.7 Å². The molecule has 0 bridgehead atoms. The summed E-state index contributed by atoms with van der Waals surface area (Å²) >= 11 is 0. The van der Waals surface area contributed by atoms with Gasteiger partial charge in [0.05, 0.1) is 18.1 Å². The van der Waals surface area contributed by atoms with Crippen LogP contribution in [0.15, 0.2) is 24.3 Å². The second-order valence-corrected chi connectivity index (χ2v) is 5.55. The van der Waals surface area contributed by atoms with Gasteiger partial charge in [-0.1, -0.05) is 6.07 Å². The van der Waals surface area contributed by atoms with Crippen LogP contribution in [0.1, 0.15) is 25.3 Å². The molecule has 1 aliphatic rings. The van der Waals surface area contributed by atoms with Crippen LogP contribution in [-0.2, 0) is 15.7 Å². The number of alkyl halides is 3. The standard InChI is InChI=1S/C16H19F3N2O3/c1-2-24-14(22)11-5-4-8-21(10-11)15(23)20-13-7-3-6-12(9-13)16(17,18)19/h3,6-7,9,11H,2,4-5,8,10H2,1H3,(H,20,23)/t11-/m1/s1. The summed E-state index contributed by atoms with van der Waals surface area (Å²) in [5.41, 5.74) is -0.767. The zero-order chi connectivity index (χ0) is 17.7. The number of urea groups is 1. The van der Waals surface area contributed by atoms with Crippen molar-refractivity contribution in [2.45, 2.75) is 25.9 Å². The SMILES string of the molecule is CCOC(=O)[C@@H]1CCCN(C(=O)Nc2cccc(C(F)(F)F)c2)C1. The van der Waals surface area contributed by atoms with Crippen LogP contribution < -0.4 is 5.32 Å². The van der Waals surface area contributed by atoms with Crippen molar-refractivity contribution in [3.8, 4) is 0 Å². The lowest BCUT2D eigenvalue weighted by atomic mass is 9.98. The van der Waals surface area contributed by atoms with Gasteiger partial charge in [-0.05, 0) is 38.0 Å². The number of amides is 2. The van der Waals surface area contributed by atoms with Crippen molar-refractivity contribution < 1.29 is 27.5 Å². The number of nitrogens with one attached hydrogen (secondary N) is 1. The van der Waals surface area contributed by atoms with E-state index < -0.39 is 23.7 Å². The molecule has 24 heavy (non-hydrogen) atoms. The van der Waals surface area contributed by atoms with Gasteiger partial charge in [0, 0.05) is 18.8 Å². The zero-order valence-corrected chi connectivity index (χ0v) is 13.2. The molecular formula is C16H19F3N2O3. The fourth-order valence-electron chi connectivity index (χ4n) is 2.59. The Labute approximate surface area is 137 Å². The number of ether oxygens (including phenoxy) is 1. The number of hydrogen-bond acceptors (Lipinski definition) is 3. The fraction of sp³-hybridized carbons (Fsp3) is 0.500. The van der Waals surface area contributed by atoms with E-state index in [1.807, 2.05) is 0 Å². The second-order valence-electron chi connectivity index (χ2n) is 5.55. The van der Waals surface area contributed by atoms with E-state index in [0.717, 1.165) is 12.1 Å². The van der Waals surface area contributed by atoms with Crippen LogP contribution in [0.5, 0.6) is 0 Å². The lowest BCUT2D eigenvalue weighted by Crippen LogP contribution is -2.44. The molecule has 1 aromatic rings. The third-order valence-corrected chi connectivity index (χ3v) is 3.77. The van der Waals surface area contributed by atoms with Gasteiger partial charge in [-0.15, -0.1) is 0 Å². The van der Waals surface area contributed by atoms with Crippen molar-refractivity contribution in [3.63, 3.8) is 0 Å². The number of carbonyl (C=O) groups is 2. The first-order valence-electron chi connectivity index (χ1n) is 7.71. The van der Waals surface area contributed by atoms with E-state index in [1.54, 1.807) is 6.92 Å². The molecule has 0 aliphatic carbocycles. The van der Waals surface area contributed by atoms with Crippen molar-refractivity contribution in [2.75, 3.05) is 25.0 Å². The molecule has 1 saturated heterocycles. The smallest absolute Gasteiger partial charge is 0.416 e. The lowest BCUT2D eigenvalue weighted by molar-refractivity contribution is -0.149. The molecule has 0 aromatic heterocycles. The molecule has 0 unspecified atom stereocenters. The predicted molar refractivity (Wildman–Crippen MR) is 81.4 cm³/mol. The summed E-state index contributed by atoms with van der Waals surface area (Å²) < 4.78 is 43.1. The summed E-state index contributed by atoms with van der Waals surface area (Å²) in [6, 6.07) is 3.91. The van der Waals surface area contributed by atoms with E-state index in [2.05, 4.69) is 5.32 Å². The van der Waals surface area contributed by atoms with Crippen LogP contribution in [0.25, 0.3) is 0 Å². The minimum atomic E-state index is -4.47. The predicted octanol–water partition coefficient (Wildman–Crippen LogP) is 3.51. The summed E-state index contributed by atoms with van der Waals surface area (Å²) in [5, 5.41) is 2.45. The number of rotatable bonds is 3. The Morgan fingerprint density at radius 3 is 2.79 bits per heavy atom. The molecule has 8 heteroatoms. The Morgan fingerprint density at radius 1 is 1.38 bits per heavy atom. The maximum atomic E-state index is 12.7. The first-order valence-corrected chi connectivity index (χ1v) is 7.71. The number of nitrogens with zero attached hydrogens (tertiary/aromatic N) is 1. The molecule has 5 nitrogen and oxygen atoms in total. The minimum Gasteiger partial charge on any atom is -0.466 e. The molecule has 1 aromatic carbocycles. The largest absolute Gasteiger partial charge is 0.466 e. The highest BCUT2D eigenvalue weighted by Gasteiger charge is 2.31. The van der Waals surface area contributed by atoms with Gasteiger partial charge >= 0.3 is 18.2 Å². The Morgan fingerprint density at radius 2 is 2.12 bits per heavy atom. The van der Waals surface area contributed by atoms with Crippen LogP contribution in [0.2, 0.25) is 0 Å². The van der Waals surface area contributed by atoms with Crippen LogP contribution >= 0.6 is 0 Å². The summed E-state index contributed by atoms with van der Waals surface area (Å²) in [6.07, 6.45) is -3.20. The molecule has 1 aliphatic heterocycles. The van der Waals surface area contributed by atoms with Crippen LogP contribution in [0, 0.1) is 5.92 Å². The molecule has 2 rings (SSSR count). The average Bonchev–Trinajstić information content (AvgIpc) is 2.54. The molecule has 0 spiro atoms. The Hall–Kier alpha value is -2.25. The normalized spacial score (nSPS) is 18.2. The van der Waals surface area contributed by atoms with Crippen LogP contribution in [0.3, 0.4) is 0 Å². The summed E-state index contributed by atoms with van der Waals surface area (Å²) in [7, 11) is 0. The number of likely N-dealkylation sites (tertiary alicyclic amines) is 1. The van der Waals surface area contributed by atoms with Gasteiger partial charge in [0.25, 0.3) is 0 Å². The average molecular weight is 344 g/mol. The van der Waals surface area contributed by atoms with E-state index in [9.17, 15) is 22.8 Å². The summed E-state index contributed by atoms with van der Waals surface area (Å²) in [6.45, 7) is 2.62. The fourth-order valence-corrected chi connectivity index (χ4v) is 2.59. The van der Waals surface area contributed by atoms with E-state index in [0.29, 0.717) is 19.4 Å². The maximum absolute atomic E-state index is 12.7. The van der Waals surface area contributed by atoms with E-state index in [-0.39, 0.29) is 24.8 Å². The highest BCUT2D eigenvalue weighted by molar-refractivity contribution is 5.90. The Kier molecular flexibility index (Phi) is 5.69. The third kappa shape index (κ3) is 4.62. The summed E-state index contributed by atoms with van der Waals surface area (Å²) in [5.74, 6) is -0.750. The van der Waals surface area contributed by atoms with Gasteiger partial charge in [-0.25, -0.2) is 4.79 Å². The van der Waals surface area contributed by atoms with Crippen LogP contribution in [-0.4, -0.2) is 36.6 Å². The minimum absolute atomic E-state index is 0.0630. The number of anilines is 1. The molecule has 132 valence electrons. The highest BCUT2D eigenvalue weighted by Crippen LogP contribution is 2.30. The van der Waals surface area contributed by atoms with Crippen molar-refractivity contribution in [1.29, 1.82) is 0 Å². The van der Waals surface area contributed by atoms with Crippen molar-refractivity contribution in [2.24, 2.45) is 5.92 Å². The number of benzene rings is 1. The van der Waals surface area contributed by atoms with E-state index in [1.165, 1.54) is 17.0 Å². The van der Waals surface area contributed by atoms with Gasteiger partial charge in [0.15, 0.2) is 0 Å². The summed E-state index contributed by atoms with van der Waals surface area (Å²) in [4.78, 5) is 25.4. The monoisotopic (exact) mass is 344 g/mol. The first-order chi connectivity index (χ1) is 11.3. The molecule has 2 amide bonds. The van der Waals surface area contributed by atoms with Crippen molar-refractivity contribution in [3.05, 3.63) is 29.8 Å². The number of carbonyl (C=O) groups excluding carboxylic acids is 2. The molecule has 1 atom stereocenters. The first kappa shape index (κ1) is 18.1. The van der Waals surface area contributed by atoms with Gasteiger partial charge in [0.1, 0.15) is 0 Å².